The highest BCUT2D eigenvalue weighted by atomic mass is 19.3. The number of carboxylic acid groups (broad SMARTS) is 1. The monoisotopic (exact) mass is 259 g/mol. The van der Waals surface area contributed by atoms with E-state index in [0.717, 1.165) is 0 Å². The van der Waals surface area contributed by atoms with Crippen molar-refractivity contribution in [2.75, 3.05) is 0 Å². The van der Waals surface area contributed by atoms with Crippen LogP contribution in [0.2, 0.25) is 0 Å². The predicted octanol–water partition coefficient (Wildman–Crippen LogP) is 1.50. The molecule has 0 aromatic carbocycles. The van der Waals surface area contributed by atoms with E-state index in [1.165, 1.54) is 4.90 Å². The van der Waals surface area contributed by atoms with Crippen LogP contribution >= 0.6 is 0 Å². The maximum Gasteiger partial charge on any atom is 0.326 e. The van der Waals surface area contributed by atoms with Gasteiger partial charge in [-0.05, 0) is 25.7 Å². The molecule has 3 aliphatic rings. The van der Waals surface area contributed by atoms with Crippen LogP contribution in [0.4, 0.5) is 8.78 Å². The molecule has 4 atom stereocenters. The van der Waals surface area contributed by atoms with Crippen LogP contribution in [0.5, 0.6) is 0 Å². The van der Waals surface area contributed by atoms with Crippen LogP contribution in [0.1, 0.15) is 32.1 Å². The molecule has 18 heavy (non-hydrogen) atoms. The van der Waals surface area contributed by atoms with E-state index in [1.54, 1.807) is 0 Å². The van der Waals surface area contributed by atoms with Crippen molar-refractivity contribution in [1.82, 2.24) is 4.90 Å². The van der Waals surface area contributed by atoms with Gasteiger partial charge in [-0.3, -0.25) is 4.79 Å². The van der Waals surface area contributed by atoms with Gasteiger partial charge in [-0.2, -0.15) is 0 Å². The molecule has 0 aromatic heterocycles. The number of carboxylic acids is 1. The summed E-state index contributed by atoms with van der Waals surface area (Å²) in [6.07, 6.45) is 1.41. The first-order valence-electron chi connectivity index (χ1n) is 6.34. The molecule has 1 N–H and O–H groups in total. The molecule has 3 rings (SSSR count). The van der Waals surface area contributed by atoms with Gasteiger partial charge in [0.25, 0.3) is 5.92 Å². The Hall–Kier alpha value is -1.20. The summed E-state index contributed by atoms with van der Waals surface area (Å²) in [5.74, 6) is -5.24. The second kappa shape index (κ2) is 3.65. The van der Waals surface area contributed by atoms with Gasteiger partial charge >= 0.3 is 5.97 Å². The number of carbonyl (C=O) groups excluding carboxylic acids is 1. The SMILES string of the molecule is O=C(O)C1CCC2CC3C(CCC(=O)N21)C3(F)F. The first-order chi connectivity index (χ1) is 8.43. The lowest BCUT2D eigenvalue weighted by molar-refractivity contribution is -0.150. The van der Waals surface area contributed by atoms with Gasteiger partial charge in [-0.15, -0.1) is 0 Å². The van der Waals surface area contributed by atoms with E-state index in [2.05, 4.69) is 0 Å². The summed E-state index contributed by atoms with van der Waals surface area (Å²) in [6, 6.07) is -1.12. The Balaban J connectivity index is 1.83. The Morgan fingerprint density at radius 3 is 2.67 bits per heavy atom. The van der Waals surface area contributed by atoms with Crippen LogP contribution in [-0.4, -0.2) is 39.9 Å². The minimum absolute atomic E-state index is 0.0526. The van der Waals surface area contributed by atoms with Crippen molar-refractivity contribution in [3.05, 3.63) is 0 Å². The van der Waals surface area contributed by atoms with Gasteiger partial charge < -0.3 is 10.0 Å². The zero-order valence-electron chi connectivity index (χ0n) is 9.81. The quantitative estimate of drug-likeness (QED) is 0.776. The summed E-state index contributed by atoms with van der Waals surface area (Å²) >= 11 is 0. The Morgan fingerprint density at radius 2 is 2.00 bits per heavy atom. The molecule has 0 bridgehead atoms. The van der Waals surface area contributed by atoms with E-state index in [-0.39, 0.29) is 31.2 Å². The molecule has 1 amide bonds. The summed E-state index contributed by atoms with van der Waals surface area (Å²) in [4.78, 5) is 24.4. The zero-order chi connectivity index (χ0) is 13.1. The second-order valence-corrected chi connectivity index (χ2v) is 5.55. The average molecular weight is 259 g/mol. The fourth-order valence-corrected chi connectivity index (χ4v) is 3.61. The van der Waals surface area contributed by atoms with Crippen molar-refractivity contribution in [3.8, 4) is 0 Å². The summed E-state index contributed by atoms with van der Waals surface area (Å²) < 4.78 is 26.9. The van der Waals surface area contributed by atoms with E-state index >= 15 is 0 Å². The van der Waals surface area contributed by atoms with E-state index in [0.29, 0.717) is 12.8 Å². The molecule has 3 fully saturated rings. The van der Waals surface area contributed by atoms with Gasteiger partial charge in [0, 0.05) is 24.3 Å². The standard InChI is InChI=1S/C12H15F2NO3/c13-12(14)7-2-4-10(16)15-6(5-8(7)12)1-3-9(15)11(17)18/h6-9H,1-5H2,(H,17,18). The fraction of sp³-hybridized carbons (Fsp3) is 0.833. The third kappa shape index (κ3) is 1.54. The Labute approximate surface area is 103 Å². The smallest absolute Gasteiger partial charge is 0.326 e. The van der Waals surface area contributed by atoms with Gasteiger partial charge in [-0.25, -0.2) is 13.6 Å². The molecule has 1 saturated carbocycles. The van der Waals surface area contributed by atoms with Crippen LogP contribution in [0, 0.1) is 11.8 Å². The third-order valence-corrected chi connectivity index (χ3v) is 4.64. The van der Waals surface area contributed by atoms with E-state index < -0.39 is 29.8 Å². The Kier molecular flexibility index (Phi) is 2.40. The maximum atomic E-state index is 13.5. The van der Waals surface area contributed by atoms with Gasteiger partial charge in [0.05, 0.1) is 0 Å². The van der Waals surface area contributed by atoms with E-state index in [9.17, 15) is 18.4 Å². The van der Waals surface area contributed by atoms with Crippen molar-refractivity contribution in [2.45, 2.75) is 50.1 Å². The van der Waals surface area contributed by atoms with Crippen molar-refractivity contribution in [1.29, 1.82) is 0 Å². The highest BCUT2D eigenvalue weighted by molar-refractivity contribution is 5.84. The van der Waals surface area contributed by atoms with Crippen LogP contribution in [0.15, 0.2) is 0 Å². The topological polar surface area (TPSA) is 57.6 Å². The van der Waals surface area contributed by atoms with Gasteiger partial charge in [0.1, 0.15) is 6.04 Å². The fourth-order valence-electron chi connectivity index (χ4n) is 3.61. The zero-order valence-corrected chi connectivity index (χ0v) is 9.81. The van der Waals surface area contributed by atoms with Crippen molar-refractivity contribution in [3.63, 3.8) is 0 Å². The molecule has 4 nitrogen and oxygen atoms in total. The number of halogens is 2. The van der Waals surface area contributed by atoms with Crippen molar-refractivity contribution >= 4 is 11.9 Å². The number of amides is 1. The molecule has 2 saturated heterocycles. The third-order valence-electron chi connectivity index (χ3n) is 4.64. The van der Waals surface area contributed by atoms with Crippen LogP contribution in [0.3, 0.4) is 0 Å². The van der Waals surface area contributed by atoms with Gasteiger partial charge in [0.15, 0.2) is 0 Å². The van der Waals surface area contributed by atoms with Crippen LogP contribution < -0.4 is 0 Å². The molecule has 6 heteroatoms. The lowest BCUT2D eigenvalue weighted by Gasteiger charge is -2.29. The van der Waals surface area contributed by atoms with Crippen LogP contribution in [-0.2, 0) is 9.59 Å². The number of aliphatic carboxylic acids is 1. The molecular weight excluding hydrogens is 244 g/mol. The van der Waals surface area contributed by atoms with Gasteiger partial charge in [0.2, 0.25) is 5.91 Å². The summed E-state index contributed by atoms with van der Waals surface area (Å²) in [7, 11) is 0. The minimum atomic E-state index is -2.64. The first-order valence-corrected chi connectivity index (χ1v) is 6.34. The van der Waals surface area contributed by atoms with E-state index in [1.807, 2.05) is 0 Å². The maximum absolute atomic E-state index is 13.5. The molecule has 1 aliphatic carbocycles. The molecular formula is C12H15F2NO3. The lowest BCUT2D eigenvalue weighted by Crippen LogP contribution is -2.45. The summed E-state index contributed by atoms with van der Waals surface area (Å²) in [5.41, 5.74) is 0. The molecule has 4 unspecified atom stereocenters. The summed E-state index contributed by atoms with van der Waals surface area (Å²) in [6.45, 7) is 0. The summed E-state index contributed by atoms with van der Waals surface area (Å²) in [5, 5.41) is 9.07. The number of hydrogen-bond donors (Lipinski definition) is 1. The molecule has 0 aromatic rings. The highest BCUT2D eigenvalue weighted by Crippen LogP contribution is 2.61. The second-order valence-electron chi connectivity index (χ2n) is 5.55. The molecule has 2 heterocycles. The van der Waals surface area contributed by atoms with Crippen molar-refractivity contribution < 1.29 is 23.5 Å². The molecule has 0 spiro atoms. The van der Waals surface area contributed by atoms with Gasteiger partial charge in [-0.1, -0.05) is 0 Å². The Morgan fingerprint density at radius 1 is 1.28 bits per heavy atom. The first kappa shape index (κ1) is 11.9. The normalized spacial score (nSPS) is 41.7. The lowest BCUT2D eigenvalue weighted by atomic mass is 10.0. The predicted molar refractivity (Wildman–Crippen MR) is 57.1 cm³/mol. The number of fused-ring (bicyclic) bond motifs is 2. The largest absolute Gasteiger partial charge is 0.480 e. The molecule has 2 aliphatic heterocycles. The average Bonchev–Trinajstić information content (AvgIpc) is 2.63. The van der Waals surface area contributed by atoms with Crippen LogP contribution in [0.25, 0.3) is 0 Å². The number of alkyl halides is 2. The Bertz CT molecular complexity index is 412. The number of hydrogen-bond acceptors (Lipinski definition) is 2. The minimum Gasteiger partial charge on any atom is -0.480 e. The van der Waals surface area contributed by atoms with E-state index in [4.69, 9.17) is 5.11 Å². The molecule has 100 valence electrons. The number of carbonyl (C=O) groups is 2. The number of nitrogens with zero attached hydrogens (tertiary/aromatic N) is 1. The number of rotatable bonds is 1. The van der Waals surface area contributed by atoms with Crippen molar-refractivity contribution in [2.24, 2.45) is 11.8 Å². The molecule has 0 radical (unpaired) electrons. The highest BCUT2D eigenvalue weighted by Gasteiger charge is 2.68.